The molecule has 1 aromatic heterocycles. The van der Waals surface area contributed by atoms with Crippen LogP contribution in [0.25, 0.3) is 0 Å². The predicted octanol–water partition coefficient (Wildman–Crippen LogP) is 4.73. The Labute approximate surface area is 303 Å². The molecule has 0 spiro atoms. The lowest BCUT2D eigenvalue weighted by Gasteiger charge is -2.37. The molecule has 3 aliphatic rings. The first-order valence-electron chi connectivity index (χ1n) is 16.7. The molecule has 0 radical (unpaired) electrons. The van der Waals surface area contributed by atoms with Crippen molar-refractivity contribution in [2.45, 2.75) is 31.4 Å². The second-order valence-corrected chi connectivity index (χ2v) is 13.5. The molecule has 14 heteroatoms. The zero-order chi connectivity index (χ0) is 34.7. The van der Waals surface area contributed by atoms with Crippen molar-refractivity contribution in [1.29, 1.82) is 0 Å². The van der Waals surface area contributed by atoms with Crippen LogP contribution in [0.5, 0.6) is 5.75 Å². The lowest BCUT2D eigenvalue weighted by Crippen LogP contribution is -2.46. The van der Waals surface area contributed by atoms with E-state index in [-0.39, 0.29) is 36.3 Å². The van der Waals surface area contributed by atoms with E-state index in [1.165, 1.54) is 18.5 Å². The molecule has 2 amide bonds. The molecule has 3 aromatic carbocycles. The molecule has 50 heavy (non-hydrogen) atoms. The van der Waals surface area contributed by atoms with E-state index in [0.29, 0.717) is 36.3 Å². The summed E-state index contributed by atoms with van der Waals surface area (Å²) in [6, 6.07) is 21.9. The van der Waals surface area contributed by atoms with Gasteiger partial charge in [0.2, 0.25) is 5.79 Å². The molecule has 3 atom stereocenters. The number of carbonyl (C=O) groups excluding carboxylic acids is 2. The van der Waals surface area contributed by atoms with Crippen LogP contribution >= 0.6 is 22.6 Å². The van der Waals surface area contributed by atoms with Crippen molar-refractivity contribution in [3.63, 3.8) is 0 Å². The van der Waals surface area contributed by atoms with Crippen LogP contribution in [0.4, 0.5) is 26.2 Å². The number of ether oxygens (including phenoxy) is 3. The summed E-state index contributed by atoms with van der Waals surface area (Å²) in [5, 5.41) is 4.20. The third-order valence-corrected chi connectivity index (χ3v) is 10.3. The molecule has 12 nitrogen and oxygen atoms in total. The van der Waals surface area contributed by atoms with Gasteiger partial charge < -0.3 is 28.9 Å². The van der Waals surface area contributed by atoms with Gasteiger partial charge in [-0.1, -0.05) is 34.7 Å². The Kier molecular flexibility index (Phi) is 10.2. The number of urea groups is 1. The number of aromatic nitrogens is 3. The quantitative estimate of drug-likeness (QED) is 0.149. The van der Waals surface area contributed by atoms with Crippen LogP contribution < -0.4 is 19.4 Å². The van der Waals surface area contributed by atoms with Gasteiger partial charge in [0.25, 0.3) is 0 Å². The van der Waals surface area contributed by atoms with Gasteiger partial charge in [0.1, 0.15) is 49.5 Å². The topological polar surface area (TPSA) is 106 Å². The number of hydrogen-bond acceptors (Lipinski definition) is 9. The number of ketones is 1. The highest BCUT2D eigenvalue weighted by atomic mass is 127. The van der Waals surface area contributed by atoms with Crippen molar-refractivity contribution >= 4 is 51.5 Å². The lowest BCUT2D eigenvalue weighted by atomic mass is 10.1. The van der Waals surface area contributed by atoms with Crippen molar-refractivity contribution in [1.82, 2.24) is 19.7 Å². The SMILES string of the molecule is CC(=O)C(CI)N1CCN(c2ccc(N3CCN(c4ccc(OCC5COC(Cn6cncn6)(c6ccc(F)cc6)O5)cc4)CC3)cc2)C1=O. The van der Waals surface area contributed by atoms with E-state index in [9.17, 15) is 14.0 Å². The molecule has 0 saturated carbocycles. The Morgan fingerprint density at radius 3 is 2.18 bits per heavy atom. The standard InChI is InChI=1S/C36H39FIN7O5/c1-26(46)34(20-38)45-19-18-44(35(45)47)31-8-6-29(7-9-31)41-14-16-42(17-15-41)30-10-12-32(13-11-30)48-21-33-22-49-36(50-33,23-43-25-39-24-40-43)27-2-4-28(37)5-3-27/h2-13,24-25,33-34H,14-23H2,1H3. The van der Waals surface area contributed by atoms with E-state index >= 15 is 0 Å². The third kappa shape index (κ3) is 7.28. The molecule has 0 N–H and O–H groups in total. The number of amides is 2. The maximum atomic E-state index is 13.7. The van der Waals surface area contributed by atoms with Crippen LogP contribution in [0.3, 0.4) is 0 Å². The summed E-state index contributed by atoms with van der Waals surface area (Å²) in [5.74, 6) is -0.711. The zero-order valence-corrected chi connectivity index (χ0v) is 29.9. The summed E-state index contributed by atoms with van der Waals surface area (Å²) in [6.07, 6.45) is 2.70. The smallest absolute Gasteiger partial charge is 0.325 e. The van der Waals surface area contributed by atoms with Crippen molar-refractivity contribution in [3.05, 3.63) is 96.8 Å². The van der Waals surface area contributed by atoms with Crippen LogP contribution in [0.2, 0.25) is 0 Å². The maximum Gasteiger partial charge on any atom is 0.325 e. The molecular formula is C36H39FIN7O5. The second kappa shape index (κ2) is 14.9. The molecule has 3 unspecified atom stereocenters. The number of carbonyl (C=O) groups is 2. The third-order valence-electron chi connectivity index (χ3n) is 9.46. The number of rotatable bonds is 12. The summed E-state index contributed by atoms with van der Waals surface area (Å²) in [6.45, 7) is 7.02. The lowest BCUT2D eigenvalue weighted by molar-refractivity contribution is -0.190. The first kappa shape index (κ1) is 34.2. The van der Waals surface area contributed by atoms with Crippen LogP contribution in [-0.4, -0.2) is 101 Å². The van der Waals surface area contributed by atoms with Gasteiger partial charge in [0, 0.05) is 66.3 Å². The Morgan fingerprint density at radius 1 is 0.940 bits per heavy atom. The summed E-state index contributed by atoms with van der Waals surface area (Å²) in [4.78, 5) is 37.3. The van der Waals surface area contributed by atoms with Gasteiger partial charge >= 0.3 is 6.03 Å². The molecule has 7 rings (SSSR count). The Balaban J connectivity index is 0.898. The minimum atomic E-state index is -1.13. The molecule has 0 bridgehead atoms. The number of benzene rings is 3. The molecule has 3 aliphatic heterocycles. The first-order valence-corrected chi connectivity index (χ1v) is 18.2. The number of nitrogens with zero attached hydrogens (tertiary/aromatic N) is 7. The highest BCUT2D eigenvalue weighted by molar-refractivity contribution is 14.1. The Bertz CT molecular complexity index is 1760. The first-order chi connectivity index (χ1) is 24.3. The molecule has 3 fully saturated rings. The number of alkyl halides is 1. The van der Waals surface area contributed by atoms with Gasteiger partial charge in [0.05, 0.1) is 6.61 Å². The minimum Gasteiger partial charge on any atom is -0.491 e. The number of hydrogen-bond donors (Lipinski definition) is 0. The fourth-order valence-corrected chi connectivity index (χ4v) is 7.80. The van der Waals surface area contributed by atoms with Crippen molar-refractivity contribution in [2.24, 2.45) is 0 Å². The fraction of sp³-hybridized carbons (Fsp3) is 0.389. The second-order valence-electron chi connectivity index (χ2n) is 12.6. The predicted molar refractivity (Wildman–Crippen MR) is 195 cm³/mol. The number of halogens is 2. The van der Waals surface area contributed by atoms with Crippen LogP contribution in [-0.2, 0) is 26.6 Å². The van der Waals surface area contributed by atoms with Crippen LogP contribution in [0.15, 0.2) is 85.5 Å². The van der Waals surface area contributed by atoms with Crippen LogP contribution in [0, 0.1) is 5.82 Å². The van der Waals surface area contributed by atoms with Crippen molar-refractivity contribution in [3.8, 4) is 5.75 Å². The largest absolute Gasteiger partial charge is 0.491 e. The summed E-state index contributed by atoms with van der Waals surface area (Å²) < 4.78 is 34.6. The van der Waals surface area contributed by atoms with E-state index in [2.05, 4.69) is 66.7 Å². The Morgan fingerprint density at radius 2 is 1.58 bits per heavy atom. The zero-order valence-electron chi connectivity index (χ0n) is 27.7. The van der Waals surface area contributed by atoms with Gasteiger partial charge in [-0.3, -0.25) is 9.69 Å². The average molecular weight is 796 g/mol. The average Bonchev–Trinajstić information content (AvgIpc) is 3.90. The summed E-state index contributed by atoms with van der Waals surface area (Å²) >= 11 is 2.17. The monoisotopic (exact) mass is 795 g/mol. The van der Waals surface area contributed by atoms with Gasteiger partial charge in [-0.15, -0.1) is 0 Å². The van der Waals surface area contributed by atoms with Crippen LogP contribution in [0.1, 0.15) is 12.5 Å². The molecule has 262 valence electrons. The number of piperazine rings is 1. The van der Waals surface area contributed by atoms with Crippen molar-refractivity contribution in [2.75, 3.05) is 71.6 Å². The van der Waals surface area contributed by atoms with E-state index in [0.717, 1.165) is 49.0 Å². The van der Waals surface area contributed by atoms with E-state index in [1.807, 2.05) is 24.3 Å². The number of anilines is 3. The van der Waals surface area contributed by atoms with E-state index < -0.39 is 5.79 Å². The molecule has 4 aromatic rings. The molecule has 3 saturated heterocycles. The van der Waals surface area contributed by atoms with Crippen molar-refractivity contribution < 1.29 is 28.2 Å². The van der Waals surface area contributed by atoms with Gasteiger partial charge in [0.15, 0.2) is 5.78 Å². The molecule has 0 aliphatic carbocycles. The summed E-state index contributed by atoms with van der Waals surface area (Å²) in [5.41, 5.74) is 3.80. The minimum absolute atomic E-state index is 0.0197. The fourth-order valence-electron chi connectivity index (χ4n) is 6.71. The van der Waals surface area contributed by atoms with Gasteiger partial charge in [-0.05, 0) is 67.6 Å². The highest BCUT2D eigenvalue weighted by Gasteiger charge is 2.44. The van der Waals surface area contributed by atoms with E-state index in [1.54, 1.807) is 39.9 Å². The van der Waals surface area contributed by atoms with Gasteiger partial charge in [-0.25, -0.2) is 18.9 Å². The molecular weight excluding hydrogens is 756 g/mol. The Hall–Kier alpha value is -4.28. The highest BCUT2D eigenvalue weighted by Crippen LogP contribution is 2.36. The molecule has 4 heterocycles. The number of Topliss-reactive ketones (excluding diaryl/α,β-unsaturated/α-hetero) is 1. The van der Waals surface area contributed by atoms with E-state index in [4.69, 9.17) is 14.2 Å². The van der Waals surface area contributed by atoms with Gasteiger partial charge in [-0.2, -0.15) is 5.10 Å². The normalized spacial score (nSPS) is 21.6. The summed E-state index contributed by atoms with van der Waals surface area (Å²) in [7, 11) is 0. The maximum absolute atomic E-state index is 13.7.